The second-order valence-electron chi connectivity index (χ2n) is 6.20. The number of amides is 1. The third kappa shape index (κ3) is 4.03. The van der Waals surface area contributed by atoms with E-state index in [4.69, 9.17) is 25.7 Å². The van der Waals surface area contributed by atoms with Gasteiger partial charge < -0.3 is 31.0 Å². The van der Waals surface area contributed by atoms with Gasteiger partial charge in [-0.05, 0) is 12.1 Å². The first-order chi connectivity index (χ1) is 13.4. The van der Waals surface area contributed by atoms with Crippen LogP contribution in [0.2, 0.25) is 0 Å². The van der Waals surface area contributed by atoms with Crippen LogP contribution in [0.15, 0.2) is 42.1 Å². The molecule has 0 spiro atoms. The Morgan fingerprint density at radius 3 is 2.75 bits per heavy atom. The Morgan fingerprint density at radius 1 is 1.29 bits per heavy atom. The van der Waals surface area contributed by atoms with Crippen molar-refractivity contribution in [2.75, 3.05) is 19.5 Å². The molecule has 0 fully saturated rings. The SMILES string of the molecule is CO/C(N)=C(/C=C(\N)OC)c1cc2n(n1)Cc1ccc(NC(C)=O)cc1OC2. The Kier molecular flexibility index (Phi) is 5.44. The smallest absolute Gasteiger partial charge is 0.221 e. The zero-order chi connectivity index (χ0) is 20.3. The van der Waals surface area contributed by atoms with Gasteiger partial charge in [0.15, 0.2) is 11.8 Å². The Morgan fingerprint density at radius 2 is 2.07 bits per heavy atom. The molecule has 0 aliphatic carbocycles. The van der Waals surface area contributed by atoms with E-state index in [9.17, 15) is 4.79 Å². The summed E-state index contributed by atoms with van der Waals surface area (Å²) >= 11 is 0. The fraction of sp³-hybridized carbons (Fsp3) is 0.263. The molecule has 0 radical (unpaired) electrons. The summed E-state index contributed by atoms with van der Waals surface area (Å²) in [5.74, 6) is 0.929. The van der Waals surface area contributed by atoms with Gasteiger partial charge in [0.2, 0.25) is 5.91 Å². The lowest BCUT2D eigenvalue weighted by molar-refractivity contribution is -0.114. The molecule has 5 N–H and O–H groups in total. The molecule has 0 unspecified atom stereocenters. The number of fused-ring (bicyclic) bond motifs is 2. The molecule has 0 saturated carbocycles. The number of hydrogen-bond donors (Lipinski definition) is 3. The Hall–Kier alpha value is -3.62. The van der Waals surface area contributed by atoms with Crippen molar-refractivity contribution in [3.63, 3.8) is 0 Å². The van der Waals surface area contributed by atoms with Crippen molar-refractivity contribution in [2.45, 2.75) is 20.1 Å². The molecule has 1 aromatic carbocycles. The van der Waals surface area contributed by atoms with E-state index in [0.717, 1.165) is 11.3 Å². The second kappa shape index (κ2) is 7.95. The monoisotopic (exact) mass is 385 g/mol. The van der Waals surface area contributed by atoms with Gasteiger partial charge in [-0.1, -0.05) is 6.07 Å². The van der Waals surface area contributed by atoms with Gasteiger partial charge in [0, 0.05) is 30.3 Å². The molecule has 148 valence electrons. The lowest BCUT2D eigenvalue weighted by Gasteiger charge is -2.10. The van der Waals surface area contributed by atoms with E-state index in [2.05, 4.69) is 10.4 Å². The molecule has 9 nitrogen and oxygen atoms in total. The number of hydrogen-bond acceptors (Lipinski definition) is 7. The number of anilines is 1. The number of allylic oxidation sites excluding steroid dienone is 2. The van der Waals surface area contributed by atoms with E-state index >= 15 is 0 Å². The highest BCUT2D eigenvalue weighted by Gasteiger charge is 2.19. The lowest BCUT2D eigenvalue weighted by Crippen LogP contribution is -2.08. The molecule has 9 heteroatoms. The molecule has 1 amide bonds. The van der Waals surface area contributed by atoms with Crippen LogP contribution in [0, 0.1) is 0 Å². The van der Waals surface area contributed by atoms with Crippen molar-refractivity contribution in [1.29, 1.82) is 0 Å². The number of nitrogens with one attached hydrogen (secondary N) is 1. The first kappa shape index (κ1) is 19.2. The van der Waals surface area contributed by atoms with Gasteiger partial charge in [-0.2, -0.15) is 5.10 Å². The normalized spacial score (nSPS) is 14.0. The van der Waals surface area contributed by atoms with Crippen LogP contribution in [-0.4, -0.2) is 29.9 Å². The van der Waals surface area contributed by atoms with Crippen LogP contribution in [-0.2, 0) is 27.4 Å². The van der Waals surface area contributed by atoms with Gasteiger partial charge in [-0.15, -0.1) is 0 Å². The largest absolute Gasteiger partial charge is 0.487 e. The molecule has 0 bridgehead atoms. The lowest BCUT2D eigenvalue weighted by atomic mass is 10.1. The second-order valence-corrected chi connectivity index (χ2v) is 6.20. The highest BCUT2D eigenvalue weighted by molar-refractivity contribution is 5.88. The molecular weight excluding hydrogens is 362 g/mol. The number of aromatic nitrogens is 2. The summed E-state index contributed by atoms with van der Waals surface area (Å²) in [6, 6.07) is 7.40. The van der Waals surface area contributed by atoms with E-state index in [0.29, 0.717) is 35.9 Å². The topological polar surface area (TPSA) is 127 Å². The van der Waals surface area contributed by atoms with Gasteiger partial charge in [0.25, 0.3) is 0 Å². The summed E-state index contributed by atoms with van der Waals surface area (Å²) in [5.41, 5.74) is 15.3. The van der Waals surface area contributed by atoms with Crippen LogP contribution in [0.5, 0.6) is 5.75 Å². The van der Waals surface area contributed by atoms with Crippen LogP contribution in [0.25, 0.3) is 5.57 Å². The summed E-state index contributed by atoms with van der Waals surface area (Å²) < 4.78 is 17.9. The predicted molar refractivity (Wildman–Crippen MR) is 104 cm³/mol. The van der Waals surface area contributed by atoms with Crippen molar-refractivity contribution >= 4 is 17.2 Å². The number of carbonyl (C=O) groups is 1. The van der Waals surface area contributed by atoms with Gasteiger partial charge in [0.05, 0.1) is 37.7 Å². The molecular formula is C19H23N5O4. The zero-order valence-electron chi connectivity index (χ0n) is 16.0. The summed E-state index contributed by atoms with van der Waals surface area (Å²) in [6.45, 7) is 2.28. The number of benzene rings is 1. The maximum atomic E-state index is 11.3. The first-order valence-electron chi connectivity index (χ1n) is 8.56. The average Bonchev–Trinajstić information content (AvgIpc) is 2.99. The van der Waals surface area contributed by atoms with Gasteiger partial charge in [-0.25, -0.2) is 0 Å². The van der Waals surface area contributed by atoms with Crippen molar-refractivity contribution in [1.82, 2.24) is 9.78 Å². The van der Waals surface area contributed by atoms with Crippen LogP contribution < -0.4 is 21.5 Å². The average molecular weight is 385 g/mol. The maximum absolute atomic E-state index is 11.3. The minimum atomic E-state index is -0.135. The van der Waals surface area contributed by atoms with E-state index in [-0.39, 0.29) is 17.7 Å². The number of nitrogens with zero attached hydrogens (tertiary/aromatic N) is 2. The van der Waals surface area contributed by atoms with Crippen molar-refractivity contribution in [3.8, 4) is 5.75 Å². The Bertz CT molecular complexity index is 961. The summed E-state index contributed by atoms with van der Waals surface area (Å²) in [6.07, 6.45) is 1.57. The maximum Gasteiger partial charge on any atom is 0.221 e. The fourth-order valence-corrected chi connectivity index (χ4v) is 2.84. The van der Waals surface area contributed by atoms with E-state index < -0.39 is 0 Å². The fourth-order valence-electron chi connectivity index (χ4n) is 2.84. The van der Waals surface area contributed by atoms with Crippen molar-refractivity contribution < 1.29 is 19.0 Å². The van der Waals surface area contributed by atoms with Gasteiger partial charge >= 0.3 is 0 Å². The number of rotatable bonds is 5. The highest BCUT2D eigenvalue weighted by atomic mass is 16.5. The van der Waals surface area contributed by atoms with Gasteiger partial charge in [0.1, 0.15) is 12.4 Å². The number of nitrogens with two attached hydrogens (primary N) is 2. The van der Waals surface area contributed by atoms with Crippen LogP contribution in [0.4, 0.5) is 5.69 Å². The predicted octanol–water partition coefficient (Wildman–Crippen LogP) is 1.50. The number of ether oxygens (including phenoxy) is 3. The van der Waals surface area contributed by atoms with E-state index in [1.165, 1.54) is 21.1 Å². The van der Waals surface area contributed by atoms with E-state index in [1.54, 1.807) is 12.1 Å². The first-order valence-corrected chi connectivity index (χ1v) is 8.56. The van der Waals surface area contributed by atoms with Crippen LogP contribution in [0.3, 0.4) is 0 Å². The molecule has 0 atom stereocenters. The third-order valence-corrected chi connectivity index (χ3v) is 4.23. The quantitative estimate of drug-likeness (QED) is 0.526. The molecule has 2 aromatic rings. The van der Waals surface area contributed by atoms with Crippen LogP contribution in [0.1, 0.15) is 23.9 Å². The summed E-state index contributed by atoms with van der Waals surface area (Å²) in [4.78, 5) is 11.3. The summed E-state index contributed by atoms with van der Waals surface area (Å²) in [7, 11) is 2.94. The molecule has 1 aliphatic heterocycles. The van der Waals surface area contributed by atoms with Crippen molar-refractivity contribution in [3.05, 3.63) is 59.1 Å². The zero-order valence-corrected chi connectivity index (χ0v) is 16.0. The number of methoxy groups -OCH3 is 2. The van der Waals surface area contributed by atoms with E-state index in [1.807, 2.05) is 22.9 Å². The minimum Gasteiger partial charge on any atom is -0.487 e. The summed E-state index contributed by atoms with van der Waals surface area (Å²) in [5, 5.41) is 7.38. The molecule has 28 heavy (non-hydrogen) atoms. The third-order valence-electron chi connectivity index (χ3n) is 4.23. The van der Waals surface area contributed by atoms with Gasteiger partial charge in [-0.3, -0.25) is 9.48 Å². The van der Waals surface area contributed by atoms with Crippen molar-refractivity contribution in [2.24, 2.45) is 11.5 Å². The molecule has 1 aromatic heterocycles. The standard InChI is InChI=1S/C19H23N5O4/c1-11(25)22-13-5-4-12-9-24-14(10-28-17(12)6-13)7-16(23-24)15(19(21)27-3)8-18(20)26-2/h4-8H,9-10,20-21H2,1-3H3,(H,22,25)/b18-8+,19-15-. The molecule has 3 rings (SSSR count). The Labute approximate surface area is 162 Å². The molecule has 1 aliphatic rings. The molecule has 2 heterocycles. The van der Waals surface area contributed by atoms with Crippen LogP contribution >= 0.6 is 0 Å². The highest BCUT2D eigenvalue weighted by Crippen LogP contribution is 2.29. The minimum absolute atomic E-state index is 0.135. The molecule has 0 saturated heterocycles. The Balaban J connectivity index is 1.94. The number of carbonyl (C=O) groups excluding carboxylic acids is 1.